The summed E-state index contributed by atoms with van der Waals surface area (Å²) in [5, 5.41) is 10.1. The molecule has 2 heterocycles. The van der Waals surface area contributed by atoms with Crippen LogP contribution in [-0.2, 0) is 10.0 Å². The van der Waals surface area contributed by atoms with Crippen molar-refractivity contribution in [2.75, 3.05) is 4.83 Å². The van der Waals surface area contributed by atoms with Gasteiger partial charge in [-0.25, -0.2) is 9.63 Å². The molecule has 19 heavy (non-hydrogen) atoms. The maximum atomic E-state index is 12.1. The average molecular weight is 300 g/mol. The van der Waals surface area contributed by atoms with Crippen molar-refractivity contribution >= 4 is 27.3 Å². The second kappa shape index (κ2) is 4.71. The molecule has 0 saturated heterocycles. The fourth-order valence-electron chi connectivity index (χ4n) is 1.56. The Morgan fingerprint density at radius 2 is 1.89 bits per heavy atom. The Balaban J connectivity index is 2.35. The van der Waals surface area contributed by atoms with Crippen LogP contribution in [0.2, 0.25) is 0 Å². The Kier molecular flexibility index (Phi) is 3.38. The molecule has 0 atom stereocenters. The third-order valence-electron chi connectivity index (χ3n) is 2.58. The lowest BCUT2D eigenvalue weighted by molar-refractivity contribution is 0.0702. The van der Waals surface area contributed by atoms with E-state index in [0.717, 1.165) is 28.8 Å². The molecule has 0 aliphatic carbocycles. The summed E-state index contributed by atoms with van der Waals surface area (Å²) in [6, 6.07) is 4.71. The van der Waals surface area contributed by atoms with Crippen molar-refractivity contribution in [3.63, 3.8) is 0 Å². The van der Waals surface area contributed by atoms with Gasteiger partial charge >= 0.3 is 5.97 Å². The summed E-state index contributed by atoms with van der Waals surface area (Å²) >= 11 is 0.878. The molecule has 6 nitrogen and oxygen atoms in total. The van der Waals surface area contributed by atoms with E-state index < -0.39 is 16.0 Å². The van der Waals surface area contributed by atoms with E-state index in [1.54, 1.807) is 26.0 Å². The topological polar surface area (TPSA) is 88.4 Å². The molecule has 0 spiro atoms. The summed E-state index contributed by atoms with van der Waals surface area (Å²) < 4.78 is 25.7. The second-order valence-corrected chi connectivity index (χ2v) is 6.57. The minimum Gasteiger partial charge on any atom is -0.477 e. The van der Waals surface area contributed by atoms with Gasteiger partial charge in [-0.05, 0) is 32.0 Å². The Hall–Kier alpha value is -1.80. The molecule has 2 aromatic heterocycles. The quantitative estimate of drug-likeness (QED) is 0.901. The third-order valence-corrected chi connectivity index (χ3v) is 4.93. The van der Waals surface area contributed by atoms with Crippen LogP contribution in [0.4, 0.5) is 0 Å². The fraction of sp³-hybridized carbons (Fsp3) is 0.182. The largest absolute Gasteiger partial charge is 0.477 e. The number of thiophene rings is 1. The number of nitrogens with zero attached hydrogens (tertiary/aromatic N) is 1. The van der Waals surface area contributed by atoms with E-state index in [1.165, 1.54) is 10.1 Å². The van der Waals surface area contributed by atoms with Gasteiger partial charge in [0.05, 0.1) is 0 Å². The van der Waals surface area contributed by atoms with E-state index in [1.807, 2.05) is 0 Å². The minimum atomic E-state index is -3.78. The second-order valence-electron chi connectivity index (χ2n) is 4.00. The van der Waals surface area contributed by atoms with Crippen LogP contribution in [0.25, 0.3) is 0 Å². The number of hydrogen-bond donors (Lipinski definition) is 2. The molecule has 0 saturated carbocycles. The highest BCUT2D eigenvalue weighted by molar-refractivity contribution is 7.92. The molecule has 0 aliphatic rings. The van der Waals surface area contributed by atoms with Crippen molar-refractivity contribution in [3.8, 4) is 0 Å². The highest BCUT2D eigenvalue weighted by Crippen LogP contribution is 2.20. The Labute approximate surface area is 114 Å². The molecule has 0 radical (unpaired) electrons. The van der Waals surface area contributed by atoms with Gasteiger partial charge in [-0.15, -0.1) is 11.3 Å². The summed E-state index contributed by atoms with van der Waals surface area (Å²) in [5.74, 6) is -1.14. The van der Waals surface area contributed by atoms with Gasteiger partial charge in [0.2, 0.25) is 0 Å². The SMILES string of the molecule is Cc1ccc(C)n1NS(=O)(=O)c1csc(C(=O)O)c1. The molecular weight excluding hydrogens is 288 g/mol. The normalized spacial score (nSPS) is 11.5. The van der Waals surface area contributed by atoms with Crippen LogP contribution in [0, 0.1) is 13.8 Å². The Bertz CT molecular complexity index is 708. The van der Waals surface area contributed by atoms with E-state index in [4.69, 9.17) is 5.11 Å². The van der Waals surface area contributed by atoms with E-state index in [9.17, 15) is 13.2 Å². The first-order valence-corrected chi connectivity index (χ1v) is 7.67. The molecule has 2 rings (SSSR count). The van der Waals surface area contributed by atoms with Gasteiger partial charge in [0, 0.05) is 16.8 Å². The number of hydrogen-bond acceptors (Lipinski definition) is 4. The van der Waals surface area contributed by atoms with Crippen LogP contribution in [0.1, 0.15) is 21.1 Å². The molecule has 0 fully saturated rings. The number of rotatable bonds is 4. The number of sulfonamides is 1. The maximum Gasteiger partial charge on any atom is 0.345 e. The van der Waals surface area contributed by atoms with Crippen LogP contribution < -0.4 is 4.83 Å². The number of aryl methyl sites for hydroxylation is 2. The number of carboxylic acid groups (broad SMARTS) is 1. The van der Waals surface area contributed by atoms with Gasteiger partial charge in [-0.3, -0.25) is 4.68 Å². The predicted molar refractivity (Wildman–Crippen MR) is 71.7 cm³/mol. The van der Waals surface area contributed by atoms with Crippen molar-refractivity contribution < 1.29 is 18.3 Å². The van der Waals surface area contributed by atoms with Crippen molar-refractivity contribution in [1.82, 2.24) is 4.68 Å². The number of carbonyl (C=O) groups is 1. The number of aromatic carboxylic acids is 1. The van der Waals surface area contributed by atoms with Crippen molar-refractivity contribution in [2.24, 2.45) is 0 Å². The van der Waals surface area contributed by atoms with E-state index in [-0.39, 0.29) is 9.77 Å². The standard InChI is InChI=1S/C11H12N2O4S2/c1-7-3-4-8(2)13(7)12-19(16,17)9-5-10(11(14)15)18-6-9/h3-6,12H,1-2H3,(H,14,15). The Morgan fingerprint density at radius 3 is 2.37 bits per heavy atom. The van der Waals surface area contributed by atoms with Crippen LogP contribution >= 0.6 is 11.3 Å². The van der Waals surface area contributed by atoms with E-state index >= 15 is 0 Å². The van der Waals surface area contributed by atoms with Crippen LogP contribution in [0.3, 0.4) is 0 Å². The molecule has 8 heteroatoms. The minimum absolute atomic E-state index is 0.0127. The molecule has 0 bridgehead atoms. The predicted octanol–water partition coefficient (Wildman–Crippen LogP) is 1.80. The molecule has 0 unspecified atom stereocenters. The smallest absolute Gasteiger partial charge is 0.345 e. The average Bonchev–Trinajstić information content (AvgIpc) is 2.92. The van der Waals surface area contributed by atoms with Gasteiger partial charge in [0.25, 0.3) is 10.0 Å². The number of aromatic nitrogens is 1. The zero-order valence-electron chi connectivity index (χ0n) is 10.2. The summed E-state index contributed by atoms with van der Waals surface area (Å²) in [5.41, 5.74) is 1.49. The zero-order valence-corrected chi connectivity index (χ0v) is 11.9. The van der Waals surface area contributed by atoms with Crippen molar-refractivity contribution in [2.45, 2.75) is 18.7 Å². The highest BCUT2D eigenvalue weighted by Gasteiger charge is 2.19. The monoisotopic (exact) mass is 300 g/mol. The van der Waals surface area contributed by atoms with Gasteiger partial charge in [-0.1, -0.05) is 0 Å². The first kappa shape index (κ1) is 13.6. The summed E-state index contributed by atoms with van der Waals surface area (Å²) in [6.45, 7) is 3.54. The molecule has 0 amide bonds. The third kappa shape index (κ3) is 2.64. The van der Waals surface area contributed by atoms with E-state index in [0.29, 0.717) is 0 Å². The zero-order chi connectivity index (χ0) is 14.2. The molecular formula is C11H12N2O4S2. The van der Waals surface area contributed by atoms with Gasteiger partial charge in [0.15, 0.2) is 0 Å². The van der Waals surface area contributed by atoms with Gasteiger partial charge in [0.1, 0.15) is 9.77 Å². The highest BCUT2D eigenvalue weighted by atomic mass is 32.2. The number of carboxylic acids is 1. The lowest BCUT2D eigenvalue weighted by Gasteiger charge is -2.11. The Morgan fingerprint density at radius 1 is 1.32 bits per heavy atom. The van der Waals surface area contributed by atoms with Crippen LogP contribution in [-0.4, -0.2) is 24.2 Å². The molecule has 0 aliphatic heterocycles. The lowest BCUT2D eigenvalue weighted by Crippen LogP contribution is -2.24. The van der Waals surface area contributed by atoms with Gasteiger partial charge in [-0.2, -0.15) is 8.42 Å². The van der Waals surface area contributed by atoms with Crippen molar-refractivity contribution in [1.29, 1.82) is 0 Å². The van der Waals surface area contributed by atoms with Crippen molar-refractivity contribution in [3.05, 3.63) is 39.8 Å². The molecule has 2 aromatic rings. The van der Waals surface area contributed by atoms with Gasteiger partial charge < -0.3 is 5.11 Å². The summed E-state index contributed by atoms with van der Waals surface area (Å²) in [4.78, 5) is 13.1. The lowest BCUT2D eigenvalue weighted by atomic mass is 10.5. The molecule has 2 N–H and O–H groups in total. The summed E-state index contributed by atoms with van der Waals surface area (Å²) in [6.07, 6.45) is 0. The number of nitrogens with one attached hydrogen (secondary N) is 1. The van der Waals surface area contributed by atoms with Crippen LogP contribution in [0.5, 0.6) is 0 Å². The molecule has 102 valence electrons. The maximum absolute atomic E-state index is 12.1. The molecule has 0 aromatic carbocycles. The van der Waals surface area contributed by atoms with E-state index in [2.05, 4.69) is 4.83 Å². The van der Waals surface area contributed by atoms with Crippen LogP contribution in [0.15, 0.2) is 28.5 Å². The first-order chi connectivity index (χ1) is 8.81. The fourth-order valence-corrected chi connectivity index (χ4v) is 3.80. The summed E-state index contributed by atoms with van der Waals surface area (Å²) in [7, 11) is -3.78. The first-order valence-electron chi connectivity index (χ1n) is 5.31.